The maximum atomic E-state index is 5.49. The van der Waals surface area contributed by atoms with Gasteiger partial charge in [0.15, 0.2) is 0 Å². The van der Waals surface area contributed by atoms with Crippen LogP contribution in [0, 0.1) is 6.92 Å². The topological polar surface area (TPSA) is 69.6 Å². The highest BCUT2D eigenvalue weighted by Gasteiger charge is 2.06. The monoisotopic (exact) mass is 249 g/mol. The smallest absolute Gasteiger partial charge is 0.209 e. The standard InChI is InChI=1S/C11H15N5S/c1-9-3-2-4-10(7-9)8-17-11-13-14-15-16(11)6-5-12/h2-4,7H,5-6,8,12H2,1H3. The molecule has 2 N–H and O–H groups in total. The van der Waals surface area contributed by atoms with Gasteiger partial charge in [0.2, 0.25) is 5.16 Å². The summed E-state index contributed by atoms with van der Waals surface area (Å²) in [5.74, 6) is 0.868. The summed E-state index contributed by atoms with van der Waals surface area (Å²) >= 11 is 1.63. The number of tetrazole rings is 1. The van der Waals surface area contributed by atoms with Gasteiger partial charge in [-0.15, -0.1) is 5.10 Å². The number of nitrogens with two attached hydrogens (primary N) is 1. The summed E-state index contributed by atoms with van der Waals surface area (Å²) in [6.07, 6.45) is 0. The molecule has 1 heterocycles. The third kappa shape index (κ3) is 3.28. The summed E-state index contributed by atoms with van der Waals surface area (Å²) in [6.45, 7) is 3.29. The van der Waals surface area contributed by atoms with E-state index in [4.69, 9.17) is 5.73 Å². The highest BCUT2D eigenvalue weighted by Crippen LogP contribution is 2.20. The zero-order valence-electron chi connectivity index (χ0n) is 9.71. The molecule has 0 fully saturated rings. The predicted molar refractivity (Wildman–Crippen MR) is 67.6 cm³/mol. The average molecular weight is 249 g/mol. The van der Waals surface area contributed by atoms with Gasteiger partial charge in [-0.2, -0.15) is 0 Å². The Labute approximate surface area is 104 Å². The van der Waals surface area contributed by atoms with Crippen LogP contribution < -0.4 is 5.73 Å². The molecule has 2 rings (SSSR count). The lowest BCUT2D eigenvalue weighted by Crippen LogP contribution is -2.12. The molecule has 17 heavy (non-hydrogen) atoms. The van der Waals surface area contributed by atoms with Crippen molar-refractivity contribution in [3.8, 4) is 0 Å². The van der Waals surface area contributed by atoms with Gasteiger partial charge in [-0.1, -0.05) is 41.6 Å². The first kappa shape index (κ1) is 12.1. The molecule has 6 heteroatoms. The van der Waals surface area contributed by atoms with Crippen LogP contribution in [0.5, 0.6) is 0 Å². The molecule has 5 nitrogen and oxygen atoms in total. The highest BCUT2D eigenvalue weighted by molar-refractivity contribution is 7.98. The molecular weight excluding hydrogens is 234 g/mol. The predicted octanol–water partition coefficient (Wildman–Crippen LogP) is 1.23. The van der Waals surface area contributed by atoms with E-state index in [1.807, 2.05) is 0 Å². The Morgan fingerprint density at radius 1 is 1.41 bits per heavy atom. The van der Waals surface area contributed by atoms with E-state index in [-0.39, 0.29) is 0 Å². The summed E-state index contributed by atoms with van der Waals surface area (Å²) in [6, 6.07) is 8.43. The van der Waals surface area contributed by atoms with E-state index in [1.54, 1.807) is 16.4 Å². The molecule has 0 saturated carbocycles. The number of aryl methyl sites for hydroxylation is 1. The molecule has 0 atom stereocenters. The van der Waals surface area contributed by atoms with Crippen molar-refractivity contribution >= 4 is 11.8 Å². The fraction of sp³-hybridized carbons (Fsp3) is 0.364. The van der Waals surface area contributed by atoms with Gasteiger partial charge in [0.1, 0.15) is 0 Å². The van der Waals surface area contributed by atoms with Crippen molar-refractivity contribution in [2.45, 2.75) is 24.4 Å². The van der Waals surface area contributed by atoms with Crippen molar-refractivity contribution in [3.63, 3.8) is 0 Å². The first-order valence-electron chi connectivity index (χ1n) is 5.44. The SMILES string of the molecule is Cc1cccc(CSc2nnnn2CCN)c1. The van der Waals surface area contributed by atoms with Gasteiger partial charge in [0, 0.05) is 12.3 Å². The lowest BCUT2D eigenvalue weighted by molar-refractivity contribution is 0.557. The number of nitrogens with zero attached hydrogens (tertiary/aromatic N) is 4. The third-order valence-corrected chi connectivity index (χ3v) is 3.32. The third-order valence-electron chi connectivity index (χ3n) is 2.29. The van der Waals surface area contributed by atoms with E-state index in [1.165, 1.54) is 11.1 Å². The van der Waals surface area contributed by atoms with Crippen molar-refractivity contribution < 1.29 is 0 Å². The number of benzene rings is 1. The normalized spacial score (nSPS) is 10.7. The van der Waals surface area contributed by atoms with E-state index in [0.29, 0.717) is 13.1 Å². The van der Waals surface area contributed by atoms with Crippen molar-refractivity contribution in [3.05, 3.63) is 35.4 Å². The lowest BCUT2D eigenvalue weighted by atomic mass is 10.2. The highest BCUT2D eigenvalue weighted by atomic mass is 32.2. The Kier molecular flexibility index (Phi) is 4.11. The minimum absolute atomic E-state index is 0.545. The average Bonchev–Trinajstić information content (AvgIpc) is 2.75. The van der Waals surface area contributed by atoms with Crippen LogP contribution in [-0.4, -0.2) is 26.8 Å². The first-order chi connectivity index (χ1) is 8.29. The van der Waals surface area contributed by atoms with Crippen LogP contribution in [0.25, 0.3) is 0 Å². The molecule has 0 aliphatic rings. The number of rotatable bonds is 5. The van der Waals surface area contributed by atoms with E-state index < -0.39 is 0 Å². The van der Waals surface area contributed by atoms with Crippen LogP contribution in [0.4, 0.5) is 0 Å². The second kappa shape index (κ2) is 5.79. The minimum Gasteiger partial charge on any atom is -0.329 e. The molecule has 0 bridgehead atoms. The Bertz CT molecular complexity index is 482. The van der Waals surface area contributed by atoms with Gasteiger partial charge in [-0.05, 0) is 22.9 Å². The zero-order chi connectivity index (χ0) is 12.1. The van der Waals surface area contributed by atoms with Gasteiger partial charge in [-0.25, -0.2) is 4.68 Å². The fourth-order valence-corrected chi connectivity index (χ4v) is 2.36. The number of aromatic nitrogens is 4. The summed E-state index contributed by atoms with van der Waals surface area (Å²) in [5, 5.41) is 12.3. The largest absolute Gasteiger partial charge is 0.329 e. The van der Waals surface area contributed by atoms with Crippen molar-refractivity contribution in [2.24, 2.45) is 5.73 Å². The molecule has 2 aromatic rings. The molecular formula is C11H15N5S. The molecule has 1 aromatic heterocycles. The molecule has 0 aliphatic carbocycles. The van der Waals surface area contributed by atoms with Crippen LogP contribution in [-0.2, 0) is 12.3 Å². The Balaban J connectivity index is 1.99. The van der Waals surface area contributed by atoms with E-state index in [0.717, 1.165) is 10.9 Å². The van der Waals surface area contributed by atoms with Crippen LogP contribution in [0.15, 0.2) is 29.4 Å². The zero-order valence-corrected chi connectivity index (χ0v) is 10.5. The number of thioether (sulfide) groups is 1. The van der Waals surface area contributed by atoms with Crippen molar-refractivity contribution in [1.29, 1.82) is 0 Å². The van der Waals surface area contributed by atoms with E-state index in [9.17, 15) is 0 Å². The molecule has 0 aliphatic heterocycles. The number of hydrogen-bond donors (Lipinski definition) is 1. The molecule has 0 unspecified atom stereocenters. The molecule has 90 valence electrons. The first-order valence-corrected chi connectivity index (χ1v) is 6.43. The van der Waals surface area contributed by atoms with Crippen molar-refractivity contribution in [2.75, 3.05) is 6.54 Å². The summed E-state index contributed by atoms with van der Waals surface area (Å²) < 4.78 is 1.74. The quantitative estimate of drug-likeness (QED) is 0.807. The second-order valence-corrected chi connectivity index (χ2v) is 4.69. The summed E-state index contributed by atoms with van der Waals surface area (Å²) in [4.78, 5) is 0. The maximum absolute atomic E-state index is 5.49. The second-order valence-electron chi connectivity index (χ2n) is 3.75. The Hall–Kier alpha value is -1.40. The van der Waals surface area contributed by atoms with E-state index in [2.05, 4.69) is 46.7 Å². The van der Waals surface area contributed by atoms with Crippen molar-refractivity contribution in [1.82, 2.24) is 20.2 Å². The van der Waals surface area contributed by atoms with Crippen LogP contribution in [0.2, 0.25) is 0 Å². The fourth-order valence-electron chi connectivity index (χ4n) is 1.51. The Morgan fingerprint density at radius 2 is 2.29 bits per heavy atom. The molecule has 0 amide bonds. The maximum Gasteiger partial charge on any atom is 0.209 e. The van der Waals surface area contributed by atoms with Crippen LogP contribution in [0.3, 0.4) is 0 Å². The summed E-state index contributed by atoms with van der Waals surface area (Å²) in [5.41, 5.74) is 8.03. The van der Waals surface area contributed by atoms with Crippen LogP contribution >= 0.6 is 11.8 Å². The van der Waals surface area contributed by atoms with Crippen LogP contribution in [0.1, 0.15) is 11.1 Å². The molecule has 0 saturated heterocycles. The minimum atomic E-state index is 0.545. The van der Waals surface area contributed by atoms with Gasteiger partial charge in [0.05, 0.1) is 6.54 Å². The molecule has 1 aromatic carbocycles. The molecule has 0 radical (unpaired) electrons. The Morgan fingerprint density at radius 3 is 3.06 bits per heavy atom. The summed E-state index contributed by atoms with van der Waals surface area (Å²) in [7, 11) is 0. The van der Waals surface area contributed by atoms with Gasteiger partial charge >= 0.3 is 0 Å². The van der Waals surface area contributed by atoms with Gasteiger partial charge < -0.3 is 5.73 Å². The van der Waals surface area contributed by atoms with Gasteiger partial charge in [0.25, 0.3) is 0 Å². The van der Waals surface area contributed by atoms with Gasteiger partial charge in [-0.3, -0.25) is 0 Å². The number of hydrogen-bond acceptors (Lipinski definition) is 5. The lowest BCUT2D eigenvalue weighted by Gasteiger charge is -2.03. The van der Waals surface area contributed by atoms with E-state index >= 15 is 0 Å². The molecule has 0 spiro atoms.